The minimum atomic E-state index is 0.638. The molecule has 0 aliphatic carbocycles. The van der Waals surface area contributed by atoms with Crippen LogP contribution in [-0.2, 0) is 4.74 Å². The Morgan fingerprint density at radius 1 is 1.20 bits per heavy atom. The Kier molecular flexibility index (Phi) is 6.38. The van der Waals surface area contributed by atoms with Crippen LogP contribution < -0.4 is 4.74 Å². The molecule has 1 aliphatic rings. The highest BCUT2D eigenvalue weighted by Crippen LogP contribution is 2.34. The first kappa shape index (κ1) is 18.3. The first-order valence-electron chi connectivity index (χ1n) is 9.62. The summed E-state index contributed by atoms with van der Waals surface area (Å²) in [5.74, 6) is 2.30. The highest BCUT2D eigenvalue weighted by molar-refractivity contribution is 5.85. The molecule has 0 unspecified atom stereocenters. The van der Waals surface area contributed by atoms with E-state index in [1.54, 1.807) is 7.11 Å². The van der Waals surface area contributed by atoms with Crippen LogP contribution in [-0.4, -0.2) is 49.8 Å². The smallest absolute Gasteiger partial charge is 0.119 e. The van der Waals surface area contributed by atoms with Crippen molar-refractivity contribution in [2.75, 3.05) is 40.0 Å². The summed E-state index contributed by atoms with van der Waals surface area (Å²) in [6.07, 6.45) is 5.79. The lowest BCUT2D eigenvalue weighted by Crippen LogP contribution is -2.35. The van der Waals surface area contributed by atoms with Crippen molar-refractivity contribution in [1.29, 1.82) is 0 Å². The molecule has 138 valence electrons. The Labute approximate surface area is 151 Å². The number of ether oxygens (including phenoxy) is 2. The third-order valence-corrected chi connectivity index (χ3v) is 5.34. The lowest BCUT2D eigenvalue weighted by Gasteiger charge is -2.31. The number of fused-ring (bicyclic) bond motifs is 1. The monoisotopic (exact) mass is 344 g/mol. The lowest BCUT2D eigenvalue weighted by molar-refractivity contribution is 0.0875. The van der Waals surface area contributed by atoms with Crippen LogP contribution in [0.15, 0.2) is 24.4 Å². The van der Waals surface area contributed by atoms with Crippen molar-refractivity contribution in [3.63, 3.8) is 0 Å². The van der Waals surface area contributed by atoms with E-state index in [0.29, 0.717) is 5.92 Å². The van der Waals surface area contributed by atoms with Gasteiger partial charge in [0.15, 0.2) is 0 Å². The molecule has 0 saturated carbocycles. The summed E-state index contributed by atoms with van der Waals surface area (Å²) in [6, 6.07) is 6.29. The second kappa shape index (κ2) is 8.72. The molecule has 4 heteroatoms. The Hall–Kier alpha value is -1.52. The standard InChI is InChI=1S/C21H32N2O2/c1-16(2)8-12-25-13-11-23-9-6-17(7-10-23)20-15-22-21-5-4-18(24-3)14-19(20)21/h4-5,14-17,22H,6-13H2,1-3H3. The molecule has 0 radical (unpaired) electrons. The van der Waals surface area contributed by atoms with E-state index in [-0.39, 0.29) is 0 Å². The van der Waals surface area contributed by atoms with Crippen LogP contribution in [0.4, 0.5) is 0 Å². The SMILES string of the molecule is COc1ccc2[nH]cc(C3CCN(CCOCCC(C)C)CC3)c2c1. The number of hydrogen-bond acceptors (Lipinski definition) is 3. The molecule has 0 spiro atoms. The molecule has 1 aliphatic heterocycles. The van der Waals surface area contributed by atoms with Gasteiger partial charge in [-0.25, -0.2) is 0 Å². The quantitative estimate of drug-likeness (QED) is 0.720. The third-order valence-electron chi connectivity index (χ3n) is 5.34. The van der Waals surface area contributed by atoms with Crippen LogP contribution in [0.25, 0.3) is 10.9 Å². The normalized spacial score (nSPS) is 16.8. The maximum absolute atomic E-state index is 5.77. The number of likely N-dealkylation sites (tertiary alicyclic amines) is 1. The zero-order valence-corrected chi connectivity index (χ0v) is 15.9. The Morgan fingerprint density at radius 3 is 2.72 bits per heavy atom. The molecule has 1 aromatic carbocycles. The van der Waals surface area contributed by atoms with Gasteiger partial charge in [-0.15, -0.1) is 0 Å². The van der Waals surface area contributed by atoms with Crippen molar-refractivity contribution in [1.82, 2.24) is 9.88 Å². The topological polar surface area (TPSA) is 37.5 Å². The molecular weight excluding hydrogens is 312 g/mol. The van der Waals surface area contributed by atoms with E-state index in [9.17, 15) is 0 Å². The average molecular weight is 344 g/mol. The summed E-state index contributed by atoms with van der Waals surface area (Å²) in [6.45, 7) is 9.63. The molecule has 4 nitrogen and oxygen atoms in total. The summed E-state index contributed by atoms with van der Waals surface area (Å²) in [7, 11) is 1.73. The number of benzene rings is 1. The van der Waals surface area contributed by atoms with E-state index in [0.717, 1.165) is 50.9 Å². The van der Waals surface area contributed by atoms with Crippen LogP contribution in [0.3, 0.4) is 0 Å². The van der Waals surface area contributed by atoms with Crippen molar-refractivity contribution >= 4 is 10.9 Å². The van der Waals surface area contributed by atoms with Gasteiger partial charge in [0.2, 0.25) is 0 Å². The van der Waals surface area contributed by atoms with Gasteiger partial charge in [-0.05, 0) is 68.0 Å². The number of nitrogens with one attached hydrogen (secondary N) is 1. The molecule has 0 bridgehead atoms. The molecule has 1 fully saturated rings. The van der Waals surface area contributed by atoms with Crippen molar-refractivity contribution in [3.05, 3.63) is 30.0 Å². The number of methoxy groups -OCH3 is 1. The van der Waals surface area contributed by atoms with Crippen molar-refractivity contribution in [3.8, 4) is 5.75 Å². The zero-order chi connectivity index (χ0) is 17.6. The summed E-state index contributed by atoms with van der Waals surface area (Å²) in [4.78, 5) is 5.96. The molecule has 3 rings (SSSR count). The van der Waals surface area contributed by atoms with Gasteiger partial charge >= 0.3 is 0 Å². The molecule has 1 saturated heterocycles. The van der Waals surface area contributed by atoms with Gasteiger partial charge in [-0.3, -0.25) is 0 Å². The number of nitrogens with zero attached hydrogens (tertiary/aromatic N) is 1. The van der Waals surface area contributed by atoms with Gasteiger partial charge in [0.05, 0.1) is 13.7 Å². The highest BCUT2D eigenvalue weighted by Gasteiger charge is 2.22. The van der Waals surface area contributed by atoms with Crippen molar-refractivity contribution in [2.45, 2.75) is 39.0 Å². The first-order chi connectivity index (χ1) is 12.2. The Bertz CT molecular complexity index is 657. The molecule has 2 heterocycles. The summed E-state index contributed by atoms with van der Waals surface area (Å²) in [5, 5.41) is 1.31. The molecule has 0 amide bonds. The van der Waals surface area contributed by atoms with Crippen LogP contribution in [0.5, 0.6) is 5.75 Å². The molecule has 1 aromatic heterocycles. The van der Waals surface area contributed by atoms with Crippen LogP contribution in [0.1, 0.15) is 44.6 Å². The van der Waals surface area contributed by atoms with Gasteiger partial charge in [-0.1, -0.05) is 13.8 Å². The van der Waals surface area contributed by atoms with Crippen LogP contribution >= 0.6 is 0 Å². The van der Waals surface area contributed by atoms with Crippen molar-refractivity contribution in [2.24, 2.45) is 5.92 Å². The second-order valence-electron chi connectivity index (χ2n) is 7.57. The molecule has 25 heavy (non-hydrogen) atoms. The zero-order valence-electron chi connectivity index (χ0n) is 15.9. The predicted octanol–water partition coefficient (Wildman–Crippen LogP) is 4.42. The second-order valence-corrected chi connectivity index (χ2v) is 7.57. The fraction of sp³-hybridized carbons (Fsp3) is 0.619. The van der Waals surface area contributed by atoms with Gasteiger partial charge < -0.3 is 19.4 Å². The van der Waals surface area contributed by atoms with Crippen molar-refractivity contribution < 1.29 is 9.47 Å². The van der Waals surface area contributed by atoms with Crippen LogP contribution in [0, 0.1) is 5.92 Å². The van der Waals surface area contributed by atoms with Crippen LogP contribution in [0.2, 0.25) is 0 Å². The Morgan fingerprint density at radius 2 is 2.00 bits per heavy atom. The maximum atomic E-state index is 5.77. The molecule has 1 N–H and O–H groups in total. The fourth-order valence-electron chi connectivity index (χ4n) is 3.67. The first-order valence-corrected chi connectivity index (χ1v) is 9.62. The van der Waals surface area contributed by atoms with Gasteiger partial charge in [0.1, 0.15) is 5.75 Å². The fourth-order valence-corrected chi connectivity index (χ4v) is 3.67. The van der Waals surface area contributed by atoms with E-state index in [1.165, 1.54) is 29.3 Å². The average Bonchev–Trinajstić information content (AvgIpc) is 3.04. The minimum absolute atomic E-state index is 0.638. The van der Waals surface area contributed by atoms with E-state index >= 15 is 0 Å². The molecular formula is C21H32N2O2. The number of aromatic amines is 1. The molecule has 0 atom stereocenters. The summed E-state index contributed by atoms with van der Waals surface area (Å²) >= 11 is 0. The molecule has 2 aromatic rings. The third kappa shape index (κ3) is 4.77. The van der Waals surface area contributed by atoms with E-state index < -0.39 is 0 Å². The number of aromatic nitrogens is 1. The van der Waals surface area contributed by atoms with E-state index in [2.05, 4.69) is 42.1 Å². The van der Waals surface area contributed by atoms with Gasteiger partial charge in [0.25, 0.3) is 0 Å². The van der Waals surface area contributed by atoms with Gasteiger partial charge in [0, 0.05) is 30.3 Å². The van der Waals surface area contributed by atoms with E-state index in [4.69, 9.17) is 9.47 Å². The summed E-state index contributed by atoms with van der Waals surface area (Å²) < 4.78 is 11.2. The maximum Gasteiger partial charge on any atom is 0.119 e. The predicted molar refractivity (Wildman–Crippen MR) is 104 cm³/mol. The minimum Gasteiger partial charge on any atom is -0.497 e. The highest BCUT2D eigenvalue weighted by atomic mass is 16.5. The van der Waals surface area contributed by atoms with E-state index in [1.807, 2.05) is 6.07 Å². The number of H-pyrrole nitrogens is 1. The summed E-state index contributed by atoms with van der Waals surface area (Å²) in [5.41, 5.74) is 2.65. The lowest BCUT2D eigenvalue weighted by atomic mass is 9.89. The largest absolute Gasteiger partial charge is 0.497 e. The number of piperidine rings is 1. The Balaban J connectivity index is 1.49. The number of hydrogen-bond donors (Lipinski definition) is 1. The van der Waals surface area contributed by atoms with Gasteiger partial charge in [-0.2, -0.15) is 0 Å². The number of rotatable bonds is 8.